The van der Waals surface area contributed by atoms with Crippen LogP contribution in [0.15, 0.2) is 15.1 Å². The van der Waals surface area contributed by atoms with Crippen LogP contribution < -0.4 is 5.73 Å². The van der Waals surface area contributed by atoms with Gasteiger partial charge in [-0.15, -0.1) is 0 Å². The fourth-order valence-electron chi connectivity index (χ4n) is 2.59. The average molecular weight is 276 g/mol. The van der Waals surface area contributed by atoms with Crippen LogP contribution in [0.25, 0.3) is 11.7 Å². The third kappa shape index (κ3) is 2.24. The van der Waals surface area contributed by atoms with Gasteiger partial charge in [0, 0.05) is 12.0 Å². The summed E-state index contributed by atoms with van der Waals surface area (Å²) in [6, 6.07) is 1.86. The summed E-state index contributed by atoms with van der Waals surface area (Å²) >= 11 is 0. The van der Waals surface area contributed by atoms with E-state index in [-0.39, 0.29) is 0 Å². The van der Waals surface area contributed by atoms with Crippen LogP contribution >= 0.6 is 0 Å². The van der Waals surface area contributed by atoms with Crippen LogP contribution in [0.2, 0.25) is 0 Å². The molecule has 20 heavy (non-hydrogen) atoms. The smallest absolute Gasteiger partial charge is 0.296 e. The summed E-state index contributed by atoms with van der Waals surface area (Å²) in [5.74, 6) is 1.80. The average Bonchev–Trinajstić information content (AvgIpc) is 3.17. The quantitative estimate of drug-likeness (QED) is 0.923. The topological polar surface area (TPSA) is 91.0 Å². The molecule has 0 aliphatic heterocycles. The second kappa shape index (κ2) is 5.01. The van der Waals surface area contributed by atoms with Crippen molar-refractivity contribution >= 4 is 0 Å². The third-order valence-corrected chi connectivity index (χ3v) is 4.22. The van der Waals surface area contributed by atoms with Gasteiger partial charge in [0.15, 0.2) is 5.82 Å². The molecule has 1 saturated carbocycles. The summed E-state index contributed by atoms with van der Waals surface area (Å²) in [7, 11) is 0. The molecule has 1 aliphatic rings. The molecule has 1 atom stereocenters. The van der Waals surface area contributed by atoms with Crippen LogP contribution in [-0.2, 0) is 5.54 Å². The van der Waals surface area contributed by atoms with Gasteiger partial charge in [-0.25, -0.2) is 0 Å². The van der Waals surface area contributed by atoms with Gasteiger partial charge in [0.05, 0.1) is 11.2 Å². The van der Waals surface area contributed by atoms with Crippen molar-refractivity contribution in [2.75, 3.05) is 0 Å². The summed E-state index contributed by atoms with van der Waals surface area (Å²) in [6.45, 7) is 4.22. The number of rotatable bonds is 4. The first-order valence-electron chi connectivity index (χ1n) is 7.22. The zero-order chi connectivity index (χ0) is 14.2. The lowest BCUT2D eigenvalue weighted by atomic mass is 9.99. The van der Waals surface area contributed by atoms with Crippen LogP contribution in [0.4, 0.5) is 0 Å². The standard InChI is InChI=1S/C14H20N4O2/c1-3-9(2)10-8-11(19-17-10)12-16-13(18-20-12)14(15)6-4-5-7-14/h8-9H,3-7,15H2,1-2H3. The molecule has 2 N–H and O–H groups in total. The zero-order valence-electron chi connectivity index (χ0n) is 11.9. The maximum Gasteiger partial charge on any atom is 0.296 e. The minimum absolute atomic E-state index is 0.352. The minimum Gasteiger partial charge on any atom is -0.351 e. The Labute approximate surface area is 117 Å². The van der Waals surface area contributed by atoms with Gasteiger partial charge in [-0.3, -0.25) is 0 Å². The van der Waals surface area contributed by atoms with Gasteiger partial charge in [0.2, 0.25) is 5.76 Å². The minimum atomic E-state index is -0.443. The largest absolute Gasteiger partial charge is 0.351 e. The van der Waals surface area contributed by atoms with E-state index in [9.17, 15) is 0 Å². The molecule has 2 aromatic heterocycles. The molecule has 0 aromatic carbocycles. The summed E-state index contributed by atoms with van der Waals surface area (Å²) in [5, 5.41) is 8.08. The van der Waals surface area contributed by atoms with Crippen LogP contribution in [0.1, 0.15) is 63.4 Å². The van der Waals surface area contributed by atoms with E-state index < -0.39 is 5.54 Å². The fraction of sp³-hybridized carbons (Fsp3) is 0.643. The molecule has 1 aliphatic carbocycles. The second-order valence-electron chi connectivity index (χ2n) is 5.71. The van der Waals surface area contributed by atoms with Gasteiger partial charge in [0.25, 0.3) is 5.89 Å². The van der Waals surface area contributed by atoms with Crippen LogP contribution in [0.3, 0.4) is 0 Å². The molecule has 1 fully saturated rings. The SMILES string of the molecule is CCC(C)c1cc(-c2nc(C3(N)CCCC3)no2)on1. The Hall–Kier alpha value is -1.69. The first-order chi connectivity index (χ1) is 9.62. The Bertz CT molecular complexity index is 584. The molecule has 0 spiro atoms. The Morgan fingerprint density at radius 1 is 1.30 bits per heavy atom. The summed E-state index contributed by atoms with van der Waals surface area (Å²) in [4.78, 5) is 4.40. The van der Waals surface area contributed by atoms with Gasteiger partial charge in [-0.2, -0.15) is 4.98 Å². The summed E-state index contributed by atoms with van der Waals surface area (Å²) in [6.07, 6.45) is 5.04. The lowest BCUT2D eigenvalue weighted by Gasteiger charge is -2.17. The maximum atomic E-state index is 6.32. The summed E-state index contributed by atoms with van der Waals surface area (Å²) < 4.78 is 10.6. The van der Waals surface area contributed by atoms with Crippen LogP contribution in [0, 0.1) is 0 Å². The predicted molar refractivity (Wildman–Crippen MR) is 72.8 cm³/mol. The molecule has 6 nitrogen and oxygen atoms in total. The Morgan fingerprint density at radius 2 is 2.05 bits per heavy atom. The summed E-state index contributed by atoms with van der Waals surface area (Å²) in [5.41, 5.74) is 6.78. The van der Waals surface area contributed by atoms with E-state index in [0.29, 0.717) is 23.4 Å². The number of hydrogen-bond donors (Lipinski definition) is 1. The number of nitrogens with zero attached hydrogens (tertiary/aromatic N) is 3. The molecule has 0 saturated heterocycles. The van der Waals surface area contributed by atoms with Crippen LogP contribution in [-0.4, -0.2) is 15.3 Å². The Kier molecular flexibility index (Phi) is 3.33. The van der Waals surface area contributed by atoms with Crippen molar-refractivity contribution in [1.29, 1.82) is 0 Å². The van der Waals surface area contributed by atoms with Crippen molar-refractivity contribution < 1.29 is 9.05 Å². The van der Waals surface area contributed by atoms with E-state index in [1.54, 1.807) is 0 Å². The van der Waals surface area contributed by atoms with Gasteiger partial charge >= 0.3 is 0 Å². The van der Waals surface area contributed by atoms with Crippen molar-refractivity contribution in [2.45, 2.75) is 57.4 Å². The molecule has 2 heterocycles. The normalized spacial score (nSPS) is 19.4. The molecule has 6 heteroatoms. The van der Waals surface area contributed by atoms with E-state index >= 15 is 0 Å². The monoisotopic (exact) mass is 276 g/mol. The number of hydrogen-bond acceptors (Lipinski definition) is 6. The second-order valence-corrected chi connectivity index (χ2v) is 5.71. The highest BCUT2D eigenvalue weighted by Crippen LogP contribution is 2.35. The molecule has 3 rings (SSSR count). The molecule has 0 amide bonds. The van der Waals surface area contributed by atoms with E-state index in [1.165, 1.54) is 0 Å². The van der Waals surface area contributed by atoms with Gasteiger partial charge in [-0.1, -0.05) is 37.0 Å². The molecular formula is C14H20N4O2. The fourth-order valence-corrected chi connectivity index (χ4v) is 2.59. The third-order valence-electron chi connectivity index (χ3n) is 4.22. The van der Waals surface area contributed by atoms with Gasteiger partial charge in [0.1, 0.15) is 0 Å². The van der Waals surface area contributed by atoms with Crippen molar-refractivity contribution in [3.05, 3.63) is 17.6 Å². The highest BCUT2D eigenvalue weighted by molar-refractivity contribution is 5.44. The van der Waals surface area contributed by atoms with Crippen molar-refractivity contribution in [1.82, 2.24) is 15.3 Å². The van der Waals surface area contributed by atoms with E-state index in [0.717, 1.165) is 37.8 Å². The Morgan fingerprint density at radius 3 is 2.75 bits per heavy atom. The molecule has 0 radical (unpaired) electrons. The molecule has 0 bridgehead atoms. The van der Waals surface area contributed by atoms with Gasteiger partial charge < -0.3 is 14.8 Å². The molecular weight excluding hydrogens is 256 g/mol. The van der Waals surface area contributed by atoms with E-state index in [4.69, 9.17) is 14.8 Å². The molecule has 2 aromatic rings. The van der Waals surface area contributed by atoms with Crippen LogP contribution in [0.5, 0.6) is 0 Å². The zero-order valence-corrected chi connectivity index (χ0v) is 11.9. The lowest BCUT2D eigenvalue weighted by Crippen LogP contribution is -2.34. The van der Waals surface area contributed by atoms with Crippen molar-refractivity contribution in [3.8, 4) is 11.7 Å². The number of aromatic nitrogens is 3. The number of nitrogens with two attached hydrogens (primary N) is 1. The molecule has 108 valence electrons. The highest BCUT2D eigenvalue weighted by Gasteiger charge is 2.36. The van der Waals surface area contributed by atoms with E-state index in [1.807, 2.05) is 6.07 Å². The maximum absolute atomic E-state index is 6.32. The van der Waals surface area contributed by atoms with Gasteiger partial charge in [-0.05, 0) is 19.3 Å². The lowest BCUT2D eigenvalue weighted by molar-refractivity contribution is 0.358. The van der Waals surface area contributed by atoms with Crippen molar-refractivity contribution in [3.63, 3.8) is 0 Å². The predicted octanol–water partition coefficient (Wildman–Crippen LogP) is 2.97. The van der Waals surface area contributed by atoms with E-state index in [2.05, 4.69) is 29.1 Å². The first-order valence-corrected chi connectivity index (χ1v) is 7.22. The van der Waals surface area contributed by atoms with Crippen molar-refractivity contribution in [2.24, 2.45) is 5.73 Å². The Balaban J connectivity index is 1.85. The molecule has 1 unspecified atom stereocenters. The highest BCUT2D eigenvalue weighted by atomic mass is 16.5. The first kappa shape index (κ1) is 13.3.